The molecule has 0 aliphatic heterocycles. The zero-order chi connectivity index (χ0) is 15.5. The van der Waals surface area contributed by atoms with Crippen molar-refractivity contribution in [1.82, 2.24) is 10.2 Å². The van der Waals surface area contributed by atoms with Crippen LogP contribution in [-0.4, -0.2) is 17.2 Å². The van der Waals surface area contributed by atoms with Crippen LogP contribution in [0, 0.1) is 0 Å². The van der Waals surface area contributed by atoms with Crippen molar-refractivity contribution in [3.63, 3.8) is 0 Å². The maximum atomic E-state index is 12.6. The third kappa shape index (κ3) is 4.76. The van der Waals surface area contributed by atoms with Crippen molar-refractivity contribution in [3.05, 3.63) is 24.3 Å². The molecule has 8 heteroatoms. The zero-order valence-corrected chi connectivity index (χ0v) is 14.2. The van der Waals surface area contributed by atoms with Gasteiger partial charge in [-0.05, 0) is 39.8 Å². The topological polar surface area (TPSA) is 72.5 Å². The summed E-state index contributed by atoms with van der Waals surface area (Å²) in [5, 5.41) is 3.25. The predicted octanol–water partition coefficient (Wildman–Crippen LogP) is 4.17. The molecule has 0 radical (unpaired) electrons. The van der Waals surface area contributed by atoms with Crippen LogP contribution in [0.15, 0.2) is 24.3 Å². The summed E-state index contributed by atoms with van der Waals surface area (Å²) in [5.74, 6) is 0. The first-order valence-corrected chi connectivity index (χ1v) is 9.09. The van der Waals surface area contributed by atoms with E-state index in [1.165, 1.54) is 11.3 Å². The van der Waals surface area contributed by atoms with Crippen LogP contribution in [-0.2, 0) is 13.6 Å². The van der Waals surface area contributed by atoms with Crippen LogP contribution in [0.25, 0.3) is 10.2 Å². The highest BCUT2D eigenvalue weighted by molar-refractivity contribution is 7.51. The molecule has 2 aromatic rings. The first-order chi connectivity index (χ1) is 9.88. The molecule has 1 aromatic heterocycles. The van der Waals surface area contributed by atoms with Gasteiger partial charge in [-0.3, -0.25) is 14.5 Å². The van der Waals surface area contributed by atoms with Gasteiger partial charge in [-0.25, -0.2) is 9.55 Å². The second kappa shape index (κ2) is 6.85. The fraction of sp³-hybridized carbons (Fsp3) is 0.462. The van der Waals surface area contributed by atoms with Gasteiger partial charge in [0, 0.05) is 0 Å². The van der Waals surface area contributed by atoms with Gasteiger partial charge in [-0.15, -0.1) is 5.20 Å². The second-order valence-electron chi connectivity index (χ2n) is 5.03. The van der Waals surface area contributed by atoms with E-state index in [1.807, 2.05) is 24.3 Å². The molecule has 0 amide bonds. The van der Waals surface area contributed by atoms with Crippen LogP contribution < -0.4 is 10.6 Å². The Hall–Kier alpha value is -0.980. The number of anilines is 1. The maximum Gasteiger partial charge on any atom is 0.423 e. The SMILES string of the molecule is CC(C)OP(=O)(NNc1nc2ccccc2s1)OC(C)C. The molecular formula is C13H20N3O3PS. The molecule has 6 nitrogen and oxygen atoms in total. The van der Waals surface area contributed by atoms with Crippen molar-refractivity contribution in [2.75, 3.05) is 5.43 Å². The molecule has 0 fully saturated rings. The van der Waals surface area contributed by atoms with E-state index in [9.17, 15) is 4.57 Å². The molecule has 0 unspecified atom stereocenters. The Morgan fingerprint density at radius 3 is 2.33 bits per heavy atom. The summed E-state index contributed by atoms with van der Waals surface area (Å²) in [7, 11) is -3.43. The van der Waals surface area contributed by atoms with E-state index in [-0.39, 0.29) is 12.2 Å². The van der Waals surface area contributed by atoms with Gasteiger partial charge in [0.05, 0.1) is 22.4 Å². The number of para-hydroxylation sites is 1. The van der Waals surface area contributed by atoms with Crippen molar-refractivity contribution in [2.24, 2.45) is 0 Å². The molecule has 21 heavy (non-hydrogen) atoms. The molecule has 0 saturated heterocycles. The Labute approximate surface area is 128 Å². The zero-order valence-electron chi connectivity index (χ0n) is 12.5. The van der Waals surface area contributed by atoms with Gasteiger partial charge >= 0.3 is 7.75 Å². The van der Waals surface area contributed by atoms with Crippen LogP contribution in [0.2, 0.25) is 0 Å². The van der Waals surface area contributed by atoms with E-state index in [4.69, 9.17) is 9.05 Å². The summed E-state index contributed by atoms with van der Waals surface area (Å²) < 4.78 is 24.4. The Bertz CT molecular complexity index is 597. The molecule has 116 valence electrons. The van der Waals surface area contributed by atoms with E-state index in [0.717, 1.165) is 10.2 Å². The number of benzene rings is 1. The monoisotopic (exact) mass is 329 g/mol. The largest absolute Gasteiger partial charge is 0.423 e. The first kappa shape index (κ1) is 16.4. The van der Waals surface area contributed by atoms with E-state index < -0.39 is 7.75 Å². The number of hydrogen-bond donors (Lipinski definition) is 2. The number of hydrazine groups is 1. The predicted molar refractivity (Wildman–Crippen MR) is 86.4 cm³/mol. The number of fused-ring (bicyclic) bond motifs is 1. The summed E-state index contributed by atoms with van der Waals surface area (Å²) in [6, 6.07) is 7.78. The van der Waals surface area contributed by atoms with Crippen molar-refractivity contribution in [1.29, 1.82) is 0 Å². The minimum atomic E-state index is -3.43. The summed E-state index contributed by atoms with van der Waals surface area (Å²) in [5.41, 5.74) is 3.72. The van der Waals surface area contributed by atoms with Crippen molar-refractivity contribution in [2.45, 2.75) is 39.9 Å². The number of hydrogen-bond acceptors (Lipinski definition) is 6. The lowest BCUT2D eigenvalue weighted by Crippen LogP contribution is -2.24. The van der Waals surface area contributed by atoms with E-state index in [1.54, 1.807) is 27.7 Å². The van der Waals surface area contributed by atoms with Gasteiger partial charge < -0.3 is 0 Å². The molecule has 0 aliphatic carbocycles. The maximum absolute atomic E-state index is 12.6. The van der Waals surface area contributed by atoms with Crippen LogP contribution in [0.4, 0.5) is 5.13 Å². The molecule has 0 bridgehead atoms. The minimum Gasteiger partial charge on any atom is -0.293 e. The number of thiazole rings is 1. The third-order valence-electron chi connectivity index (χ3n) is 2.29. The van der Waals surface area contributed by atoms with Gasteiger partial charge in [-0.1, -0.05) is 23.5 Å². The third-order valence-corrected chi connectivity index (χ3v) is 5.03. The number of nitrogens with zero attached hydrogens (tertiary/aromatic N) is 1. The van der Waals surface area contributed by atoms with Gasteiger partial charge in [-0.2, -0.15) is 0 Å². The summed E-state index contributed by atoms with van der Waals surface area (Å²) in [4.78, 5) is 4.39. The number of nitrogens with one attached hydrogen (secondary N) is 2. The van der Waals surface area contributed by atoms with E-state index in [2.05, 4.69) is 15.6 Å². The normalized spacial score (nSPS) is 12.5. The van der Waals surface area contributed by atoms with Crippen molar-refractivity contribution < 1.29 is 13.6 Å². The molecule has 0 saturated carbocycles. The number of aromatic nitrogens is 1. The lowest BCUT2D eigenvalue weighted by Gasteiger charge is -2.23. The Morgan fingerprint density at radius 2 is 1.76 bits per heavy atom. The standard InChI is InChI=1S/C13H20N3O3PS/c1-9(2)18-20(17,19-10(3)4)16-15-13-14-11-7-5-6-8-12(11)21-13/h5-10H,1-4H3,(H,14,15)(H,16,17). The van der Waals surface area contributed by atoms with Gasteiger partial charge in [0.2, 0.25) is 0 Å². The molecular weight excluding hydrogens is 309 g/mol. The average molecular weight is 329 g/mol. The molecule has 1 heterocycles. The van der Waals surface area contributed by atoms with Crippen LogP contribution in [0.5, 0.6) is 0 Å². The summed E-state index contributed by atoms with van der Waals surface area (Å²) >= 11 is 1.46. The fourth-order valence-electron chi connectivity index (χ4n) is 1.67. The highest BCUT2D eigenvalue weighted by atomic mass is 32.1. The Morgan fingerprint density at radius 1 is 1.14 bits per heavy atom. The number of rotatable bonds is 7. The lowest BCUT2D eigenvalue weighted by molar-refractivity contribution is 0.137. The highest BCUT2D eigenvalue weighted by Gasteiger charge is 2.28. The fourth-order valence-corrected chi connectivity index (χ4v) is 4.08. The average Bonchev–Trinajstić information content (AvgIpc) is 2.77. The molecule has 2 N–H and O–H groups in total. The second-order valence-corrected chi connectivity index (χ2v) is 7.70. The molecule has 0 atom stereocenters. The van der Waals surface area contributed by atoms with Gasteiger partial charge in [0.25, 0.3) is 0 Å². The highest BCUT2D eigenvalue weighted by Crippen LogP contribution is 2.46. The smallest absolute Gasteiger partial charge is 0.293 e. The van der Waals surface area contributed by atoms with Gasteiger partial charge in [0.15, 0.2) is 5.13 Å². The first-order valence-electron chi connectivity index (χ1n) is 6.73. The molecule has 1 aromatic carbocycles. The summed E-state index contributed by atoms with van der Waals surface area (Å²) in [6.07, 6.45) is -0.446. The summed E-state index contributed by atoms with van der Waals surface area (Å²) in [6.45, 7) is 7.21. The van der Waals surface area contributed by atoms with Crippen LogP contribution in [0.1, 0.15) is 27.7 Å². The van der Waals surface area contributed by atoms with Gasteiger partial charge in [0.1, 0.15) is 0 Å². The van der Waals surface area contributed by atoms with E-state index in [0.29, 0.717) is 5.13 Å². The van der Waals surface area contributed by atoms with Crippen LogP contribution >= 0.6 is 19.1 Å². The molecule has 2 rings (SSSR count). The van der Waals surface area contributed by atoms with Crippen molar-refractivity contribution in [3.8, 4) is 0 Å². The van der Waals surface area contributed by atoms with Crippen LogP contribution in [0.3, 0.4) is 0 Å². The minimum absolute atomic E-state index is 0.223. The Balaban J connectivity index is 2.08. The lowest BCUT2D eigenvalue weighted by atomic mass is 10.3. The quantitative estimate of drug-likeness (QED) is 0.587. The molecule has 0 spiro atoms. The van der Waals surface area contributed by atoms with E-state index >= 15 is 0 Å². The molecule has 0 aliphatic rings. The Kier molecular flexibility index (Phi) is 5.35. The van der Waals surface area contributed by atoms with Crippen molar-refractivity contribution >= 4 is 34.4 Å².